The predicted octanol–water partition coefficient (Wildman–Crippen LogP) is 3.60. The van der Waals surface area contributed by atoms with E-state index in [0.29, 0.717) is 5.69 Å². The molecule has 0 N–H and O–H groups in total. The van der Waals surface area contributed by atoms with Gasteiger partial charge in [-0.1, -0.05) is 29.3 Å². The van der Waals surface area contributed by atoms with Crippen LogP contribution in [0.1, 0.15) is 19.4 Å². The highest BCUT2D eigenvalue weighted by Gasteiger charge is 2.32. The molecule has 0 spiro atoms. The van der Waals surface area contributed by atoms with Crippen LogP contribution in [0, 0.1) is 6.92 Å². The van der Waals surface area contributed by atoms with Gasteiger partial charge in [-0.2, -0.15) is 10.2 Å². The molecule has 0 aliphatic carbocycles. The lowest BCUT2D eigenvalue weighted by Gasteiger charge is -2.12. The molecule has 0 aliphatic rings. The Morgan fingerprint density at radius 2 is 2.00 bits per heavy atom. The summed E-state index contributed by atoms with van der Waals surface area (Å²) in [5, 5.41) is 7.70. The number of hydrogen-bond acceptors (Lipinski definition) is 4. The molecular formula is C12H15ClN2O2. The van der Waals surface area contributed by atoms with Gasteiger partial charge in [-0.15, -0.1) is 0 Å². The first-order valence-electron chi connectivity index (χ1n) is 5.31. The molecule has 0 aliphatic heterocycles. The number of halogens is 1. The number of aryl methyl sites for hydroxylation is 1. The summed E-state index contributed by atoms with van der Waals surface area (Å²) in [6, 6.07) is 7.42. The molecule has 5 heteroatoms. The lowest BCUT2D eigenvalue weighted by Crippen LogP contribution is -2.28. The van der Waals surface area contributed by atoms with E-state index < -0.39 is 11.0 Å². The van der Waals surface area contributed by atoms with Crippen molar-refractivity contribution in [3.05, 3.63) is 29.8 Å². The van der Waals surface area contributed by atoms with Crippen molar-refractivity contribution in [2.45, 2.75) is 25.8 Å². The first-order chi connectivity index (χ1) is 7.95. The average Bonchev–Trinajstić information content (AvgIpc) is 2.29. The number of nitrogens with zero attached hydrogens (tertiary/aromatic N) is 2. The summed E-state index contributed by atoms with van der Waals surface area (Å²) in [4.78, 5) is 9.96. The van der Waals surface area contributed by atoms with Crippen molar-refractivity contribution in [2.75, 3.05) is 6.61 Å². The van der Waals surface area contributed by atoms with Crippen LogP contribution in [-0.2, 0) is 9.53 Å². The molecule has 1 rings (SSSR count). The summed E-state index contributed by atoms with van der Waals surface area (Å²) in [7, 11) is 0. The number of esters is 1. The number of alkyl halides is 1. The van der Waals surface area contributed by atoms with Crippen molar-refractivity contribution in [3.63, 3.8) is 0 Å². The third-order valence-electron chi connectivity index (χ3n) is 2.04. The Morgan fingerprint density at radius 1 is 1.41 bits per heavy atom. The molecule has 1 atom stereocenters. The van der Waals surface area contributed by atoms with E-state index >= 15 is 0 Å². The molecule has 1 unspecified atom stereocenters. The van der Waals surface area contributed by atoms with E-state index in [2.05, 4.69) is 10.2 Å². The van der Waals surface area contributed by atoms with Crippen molar-refractivity contribution in [1.29, 1.82) is 0 Å². The number of hydrogen-bond donors (Lipinski definition) is 0. The summed E-state index contributed by atoms with van der Waals surface area (Å²) in [5.41, 5.74) is 1.77. The Labute approximate surface area is 106 Å². The van der Waals surface area contributed by atoms with E-state index in [1.807, 2.05) is 19.1 Å². The van der Waals surface area contributed by atoms with Gasteiger partial charge in [-0.3, -0.25) is 0 Å². The van der Waals surface area contributed by atoms with Crippen LogP contribution in [0.15, 0.2) is 34.5 Å². The summed E-state index contributed by atoms with van der Waals surface area (Å²) in [6.07, 6.45) is 0. The van der Waals surface area contributed by atoms with Crippen molar-refractivity contribution in [2.24, 2.45) is 10.2 Å². The van der Waals surface area contributed by atoms with Gasteiger partial charge in [-0.05, 0) is 32.9 Å². The number of carbonyl (C=O) groups excluding carboxylic acids is 1. The molecule has 0 fully saturated rings. The average molecular weight is 255 g/mol. The molecule has 0 saturated carbocycles. The summed E-state index contributed by atoms with van der Waals surface area (Å²) in [6.45, 7) is 5.40. The van der Waals surface area contributed by atoms with Gasteiger partial charge in [0.15, 0.2) is 0 Å². The number of ether oxygens (including phenoxy) is 1. The minimum absolute atomic E-state index is 0.265. The summed E-state index contributed by atoms with van der Waals surface area (Å²) in [5.74, 6) is -0.600. The Kier molecular flexibility index (Phi) is 4.63. The molecule has 0 heterocycles. The largest absolute Gasteiger partial charge is 0.463 e. The van der Waals surface area contributed by atoms with Crippen LogP contribution in [0.5, 0.6) is 0 Å². The lowest BCUT2D eigenvalue weighted by atomic mass is 10.2. The molecule has 0 aromatic heterocycles. The van der Waals surface area contributed by atoms with Crippen LogP contribution < -0.4 is 0 Å². The molecule has 0 radical (unpaired) electrons. The van der Waals surface area contributed by atoms with Gasteiger partial charge in [0.2, 0.25) is 5.00 Å². The topological polar surface area (TPSA) is 51.0 Å². The van der Waals surface area contributed by atoms with Gasteiger partial charge < -0.3 is 4.74 Å². The molecule has 0 saturated heterocycles. The van der Waals surface area contributed by atoms with Crippen LogP contribution in [0.25, 0.3) is 0 Å². The highest BCUT2D eigenvalue weighted by Crippen LogP contribution is 2.22. The second kappa shape index (κ2) is 5.77. The maximum absolute atomic E-state index is 11.4. The van der Waals surface area contributed by atoms with Crippen LogP contribution in [-0.4, -0.2) is 17.6 Å². The number of carbonyl (C=O) groups is 1. The first-order valence-corrected chi connectivity index (χ1v) is 5.69. The Bertz CT molecular complexity index is 413. The smallest absolute Gasteiger partial charge is 0.351 e. The molecule has 1 aromatic carbocycles. The fourth-order valence-corrected chi connectivity index (χ4v) is 1.16. The Balaban J connectivity index is 2.75. The van der Waals surface area contributed by atoms with Crippen molar-refractivity contribution in [3.8, 4) is 0 Å². The van der Waals surface area contributed by atoms with E-state index in [1.165, 1.54) is 6.92 Å². The fraction of sp³-hybridized carbons (Fsp3) is 0.417. The van der Waals surface area contributed by atoms with Crippen LogP contribution >= 0.6 is 11.6 Å². The Morgan fingerprint density at radius 3 is 2.53 bits per heavy atom. The summed E-state index contributed by atoms with van der Waals surface area (Å²) >= 11 is 5.91. The van der Waals surface area contributed by atoms with Crippen LogP contribution in [0.4, 0.5) is 5.69 Å². The minimum Gasteiger partial charge on any atom is -0.463 e. The van der Waals surface area contributed by atoms with E-state index in [0.717, 1.165) is 5.56 Å². The molecule has 0 amide bonds. The van der Waals surface area contributed by atoms with Crippen molar-refractivity contribution in [1.82, 2.24) is 0 Å². The number of azo groups is 1. The maximum atomic E-state index is 11.4. The zero-order chi connectivity index (χ0) is 12.9. The standard InChI is InChI=1S/C12H15ClN2O2/c1-4-17-11(16)12(3,13)15-14-10-7-5-9(2)6-8-10/h5-8H,4H2,1-3H3. The first kappa shape index (κ1) is 13.6. The van der Waals surface area contributed by atoms with Gasteiger partial charge in [0.05, 0.1) is 12.3 Å². The van der Waals surface area contributed by atoms with E-state index in [9.17, 15) is 4.79 Å². The normalized spacial score (nSPS) is 14.6. The van der Waals surface area contributed by atoms with Gasteiger partial charge in [0.25, 0.3) is 0 Å². The third kappa shape index (κ3) is 4.15. The third-order valence-corrected chi connectivity index (χ3v) is 2.27. The lowest BCUT2D eigenvalue weighted by molar-refractivity contribution is -0.145. The monoisotopic (exact) mass is 254 g/mol. The van der Waals surface area contributed by atoms with E-state index in [1.54, 1.807) is 19.1 Å². The predicted molar refractivity (Wildman–Crippen MR) is 66.6 cm³/mol. The van der Waals surface area contributed by atoms with Crippen LogP contribution in [0.2, 0.25) is 0 Å². The SMILES string of the molecule is CCOC(=O)C(C)(Cl)N=Nc1ccc(C)cc1. The molecule has 1 aromatic rings. The van der Waals surface area contributed by atoms with Gasteiger partial charge in [0, 0.05) is 0 Å². The van der Waals surface area contributed by atoms with Gasteiger partial charge in [-0.25, -0.2) is 4.79 Å². The quantitative estimate of drug-likeness (QED) is 0.357. The molecule has 4 nitrogen and oxygen atoms in total. The van der Waals surface area contributed by atoms with Crippen molar-refractivity contribution < 1.29 is 9.53 Å². The highest BCUT2D eigenvalue weighted by atomic mass is 35.5. The van der Waals surface area contributed by atoms with Gasteiger partial charge in [0.1, 0.15) is 0 Å². The second-order valence-electron chi connectivity index (χ2n) is 3.71. The zero-order valence-corrected chi connectivity index (χ0v) is 10.9. The minimum atomic E-state index is -1.47. The Hall–Kier alpha value is -1.42. The molecule has 92 valence electrons. The molecule has 17 heavy (non-hydrogen) atoms. The molecular weight excluding hydrogens is 240 g/mol. The van der Waals surface area contributed by atoms with Crippen molar-refractivity contribution >= 4 is 23.3 Å². The van der Waals surface area contributed by atoms with Crippen LogP contribution in [0.3, 0.4) is 0 Å². The zero-order valence-electron chi connectivity index (χ0n) is 10.1. The molecule has 0 bridgehead atoms. The van der Waals surface area contributed by atoms with E-state index in [-0.39, 0.29) is 6.61 Å². The van der Waals surface area contributed by atoms with E-state index in [4.69, 9.17) is 16.3 Å². The summed E-state index contributed by atoms with van der Waals surface area (Å²) < 4.78 is 4.79. The highest BCUT2D eigenvalue weighted by molar-refractivity contribution is 6.33. The number of rotatable bonds is 4. The number of benzene rings is 1. The second-order valence-corrected chi connectivity index (χ2v) is 4.45. The maximum Gasteiger partial charge on any atom is 0.351 e. The van der Waals surface area contributed by atoms with Gasteiger partial charge >= 0.3 is 5.97 Å². The fourth-order valence-electron chi connectivity index (χ4n) is 1.07.